The second kappa shape index (κ2) is 8.90. The van der Waals surface area contributed by atoms with Crippen molar-refractivity contribution in [2.24, 2.45) is 0 Å². The van der Waals surface area contributed by atoms with Gasteiger partial charge in [-0.15, -0.1) is 0 Å². The van der Waals surface area contributed by atoms with Crippen molar-refractivity contribution < 1.29 is 9.53 Å². The van der Waals surface area contributed by atoms with Crippen LogP contribution in [0.25, 0.3) is 0 Å². The maximum absolute atomic E-state index is 12.5. The van der Waals surface area contributed by atoms with Crippen LogP contribution in [0.5, 0.6) is 5.75 Å². The van der Waals surface area contributed by atoms with Gasteiger partial charge in [-0.05, 0) is 12.1 Å². The number of hydrogen-bond donors (Lipinski definition) is 1. The van der Waals surface area contributed by atoms with Gasteiger partial charge in [-0.1, -0.05) is 26.0 Å². The normalized spacial score (nSPS) is 15.2. The number of nitrogens with one attached hydrogen (secondary N) is 1. The zero-order chi connectivity index (χ0) is 19.2. The Morgan fingerprint density at radius 3 is 2.63 bits per heavy atom. The largest absolute Gasteiger partial charge is 0.495 e. The Labute approximate surface area is 160 Å². The number of anilines is 1. The lowest BCUT2D eigenvalue weighted by molar-refractivity contribution is 0.144. The van der Waals surface area contributed by atoms with E-state index in [-0.39, 0.29) is 6.03 Å². The van der Waals surface area contributed by atoms with E-state index >= 15 is 0 Å². The Balaban J connectivity index is 1.47. The summed E-state index contributed by atoms with van der Waals surface area (Å²) in [6.07, 6.45) is 3.92. The standard InChI is InChI=1S/C20H29N5O2/c1-16(2)19-21-8-9-24(19)13-10-23-11-14-25(15-12-23)20(26)22-17-6-4-5-7-18(17)27-3/h4-9,16H,10-15H2,1-3H3,(H,22,26). The highest BCUT2D eigenvalue weighted by atomic mass is 16.5. The summed E-state index contributed by atoms with van der Waals surface area (Å²) in [5.74, 6) is 2.23. The van der Waals surface area contributed by atoms with E-state index in [4.69, 9.17) is 4.74 Å². The molecule has 1 N–H and O–H groups in total. The van der Waals surface area contributed by atoms with Gasteiger partial charge in [-0.25, -0.2) is 9.78 Å². The van der Waals surface area contributed by atoms with E-state index in [1.54, 1.807) is 7.11 Å². The van der Waals surface area contributed by atoms with Gasteiger partial charge in [0.25, 0.3) is 0 Å². The molecule has 7 nitrogen and oxygen atoms in total. The minimum absolute atomic E-state index is 0.0733. The highest BCUT2D eigenvalue weighted by Gasteiger charge is 2.22. The third kappa shape index (κ3) is 4.80. The van der Waals surface area contributed by atoms with Gasteiger partial charge in [0.05, 0.1) is 12.8 Å². The number of para-hydroxylation sites is 2. The molecule has 0 unspecified atom stereocenters. The van der Waals surface area contributed by atoms with Crippen LogP contribution in [0.2, 0.25) is 0 Å². The van der Waals surface area contributed by atoms with E-state index in [0.29, 0.717) is 17.4 Å². The Bertz CT molecular complexity index is 750. The second-order valence-corrected chi connectivity index (χ2v) is 7.09. The monoisotopic (exact) mass is 371 g/mol. The van der Waals surface area contributed by atoms with Crippen molar-refractivity contribution in [1.82, 2.24) is 19.4 Å². The highest BCUT2D eigenvalue weighted by molar-refractivity contribution is 5.91. The lowest BCUT2D eigenvalue weighted by Crippen LogP contribution is -2.50. The number of imidazole rings is 1. The quantitative estimate of drug-likeness (QED) is 0.848. The Morgan fingerprint density at radius 2 is 1.93 bits per heavy atom. The van der Waals surface area contributed by atoms with Gasteiger partial charge >= 0.3 is 6.03 Å². The lowest BCUT2D eigenvalue weighted by Gasteiger charge is -2.34. The molecule has 1 fully saturated rings. The molecule has 0 aliphatic carbocycles. The van der Waals surface area contributed by atoms with Crippen molar-refractivity contribution in [3.05, 3.63) is 42.5 Å². The van der Waals surface area contributed by atoms with Crippen LogP contribution in [0.3, 0.4) is 0 Å². The summed E-state index contributed by atoms with van der Waals surface area (Å²) in [7, 11) is 1.61. The Kier molecular flexibility index (Phi) is 6.34. The second-order valence-electron chi connectivity index (χ2n) is 7.09. The molecule has 0 bridgehead atoms. The predicted octanol–water partition coefficient (Wildman–Crippen LogP) is 2.86. The van der Waals surface area contributed by atoms with Gasteiger partial charge < -0.3 is 19.5 Å². The Hall–Kier alpha value is -2.54. The molecule has 0 radical (unpaired) electrons. The van der Waals surface area contributed by atoms with E-state index in [1.165, 1.54) is 0 Å². The number of ether oxygens (including phenoxy) is 1. The average Bonchev–Trinajstić information content (AvgIpc) is 3.16. The molecule has 0 saturated carbocycles. The smallest absolute Gasteiger partial charge is 0.322 e. The zero-order valence-corrected chi connectivity index (χ0v) is 16.4. The maximum atomic E-state index is 12.5. The third-order valence-corrected chi connectivity index (χ3v) is 4.93. The van der Waals surface area contributed by atoms with Crippen molar-refractivity contribution in [3.8, 4) is 5.75 Å². The number of amides is 2. The molecule has 2 aromatic rings. The van der Waals surface area contributed by atoms with Crippen LogP contribution in [0.15, 0.2) is 36.7 Å². The van der Waals surface area contributed by atoms with Crippen LogP contribution in [-0.2, 0) is 6.54 Å². The fourth-order valence-electron chi connectivity index (χ4n) is 3.38. The molecule has 2 amide bonds. The summed E-state index contributed by atoms with van der Waals surface area (Å²) in [6.45, 7) is 9.44. The van der Waals surface area contributed by atoms with Crippen LogP contribution in [0, 0.1) is 0 Å². The van der Waals surface area contributed by atoms with Crippen LogP contribution in [0.4, 0.5) is 10.5 Å². The molecule has 1 aromatic carbocycles. The van der Waals surface area contributed by atoms with Crippen molar-refractivity contribution in [1.29, 1.82) is 0 Å². The number of benzene rings is 1. The molecule has 146 valence electrons. The molecule has 27 heavy (non-hydrogen) atoms. The molecular weight excluding hydrogens is 342 g/mol. The summed E-state index contributed by atoms with van der Waals surface area (Å²) < 4.78 is 7.52. The van der Waals surface area contributed by atoms with Crippen LogP contribution >= 0.6 is 0 Å². The fraction of sp³-hybridized carbons (Fsp3) is 0.500. The van der Waals surface area contributed by atoms with Gasteiger partial charge in [0.15, 0.2) is 0 Å². The molecule has 0 spiro atoms. The summed E-state index contributed by atoms with van der Waals surface area (Å²) in [5, 5.41) is 2.95. The molecule has 1 aromatic heterocycles. The first-order valence-corrected chi connectivity index (χ1v) is 9.51. The summed E-state index contributed by atoms with van der Waals surface area (Å²) in [4.78, 5) is 21.2. The van der Waals surface area contributed by atoms with E-state index in [2.05, 4.69) is 33.6 Å². The van der Waals surface area contributed by atoms with Crippen molar-refractivity contribution in [2.75, 3.05) is 45.2 Å². The minimum atomic E-state index is -0.0733. The van der Waals surface area contributed by atoms with Gasteiger partial charge in [-0.2, -0.15) is 0 Å². The van der Waals surface area contributed by atoms with Crippen LogP contribution in [-0.4, -0.2) is 65.2 Å². The first-order valence-electron chi connectivity index (χ1n) is 9.51. The molecule has 3 rings (SSSR count). The number of urea groups is 1. The molecule has 0 atom stereocenters. The van der Waals surface area contributed by atoms with Crippen LogP contribution < -0.4 is 10.1 Å². The van der Waals surface area contributed by atoms with Gasteiger partial charge in [0, 0.05) is 57.6 Å². The Morgan fingerprint density at radius 1 is 1.19 bits per heavy atom. The van der Waals surface area contributed by atoms with Crippen molar-refractivity contribution >= 4 is 11.7 Å². The first kappa shape index (κ1) is 19.2. The van der Waals surface area contributed by atoms with Crippen molar-refractivity contribution in [2.45, 2.75) is 26.3 Å². The number of carbonyl (C=O) groups is 1. The molecule has 1 aliphatic heterocycles. The van der Waals surface area contributed by atoms with Crippen LogP contribution in [0.1, 0.15) is 25.6 Å². The highest BCUT2D eigenvalue weighted by Crippen LogP contribution is 2.23. The predicted molar refractivity (Wildman–Crippen MR) is 106 cm³/mol. The van der Waals surface area contributed by atoms with Gasteiger partial charge in [-0.3, -0.25) is 4.90 Å². The fourth-order valence-corrected chi connectivity index (χ4v) is 3.38. The maximum Gasteiger partial charge on any atom is 0.322 e. The summed E-state index contributed by atoms with van der Waals surface area (Å²) in [5.41, 5.74) is 0.703. The number of nitrogens with zero attached hydrogens (tertiary/aromatic N) is 4. The van der Waals surface area contributed by atoms with E-state index in [1.807, 2.05) is 41.6 Å². The first-order chi connectivity index (χ1) is 13.1. The number of methoxy groups -OCH3 is 1. The molecule has 2 heterocycles. The third-order valence-electron chi connectivity index (χ3n) is 4.93. The number of piperazine rings is 1. The summed E-state index contributed by atoms with van der Waals surface area (Å²) in [6, 6.07) is 7.39. The number of aromatic nitrogens is 2. The molecule has 1 aliphatic rings. The van der Waals surface area contributed by atoms with E-state index in [0.717, 1.165) is 45.1 Å². The molecule has 1 saturated heterocycles. The zero-order valence-electron chi connectivity index (χ0n) is 16.4. The summed E-state index contributed by atoms with van der Waals surface area (Å²) >= 11 is 0. The number of rotatable bonds is 6. The topological polar surface area (TPSA) is 62.6 Å². The lowest BCUT2D eigenvalue weighted by atomic mass is 10.2. The van der Waals surface area contributed by atoms with Crippen molar-refractivity contribution in [3.63, 3.8) is 0 Å². The van der Waals surface area contributed by atoms with Gasteiger partial charge in [0.2, 0.25) is 0 Å². The van der Waals surface area contributed by atoms with E-state index < -0.39 is 0 Å². The van der Waals surface area contributed by atoms with E-state index in [9.17, 15) is 4.79 Å². The molecular formula is C20H29N5O2. The minimum Gasteiger partial charge on any atom is -0.495 e. The average molecular weight is 371 g/mol. The molecule has 7 heteroatoms. The SMILES string of the molecule is COc1ccccc1NC(=O)N1CCN(CCn2ccnc2C(C)C)CC1. The number of carbonyl (C=O) groups excluding carboxylic acids is 1. The number of hydrogen-bond acceptors (Lipinski definition) is 4. The van der Waals surface area contributed by atoms with Gasteiger partial charge in [0.1, 0.15) is 11.6 Å².